The van der Waals surface area contributed by atoms with Crippen molar-refractivity contribution in [3.8, 4) is 11.5 Å². The fraction of sp³-hybridized carbons (Fsp3) is 0.316. The predicted molar refractivity (Wildman–Crippen MR) is 97.3 cm³/mol. The standard InChI is InChI=1S/C19H22ClNO3/c1-5-16(24-17-8-6-7-12(2)13(17)3)19(22)21-14-9-10-18(23-4)15(20)11-14/h6-11,16H,5H2,1-4H3,(H,21,22)/t16-/m1/s1. The molecule has 0 spiro atoms. The van der Waals surface area contributed by atoms with Gasteiger partial charge >= 0.3 is 0 Å². The summed E-state index contributed by atoms with van der Waals surface area (Å²) in [4.78, 5) is 12.5. The third-order valence-corrected chi connectivity index (χ3v) is 4.20. The number of benzene rings is 2. The van der Waals surface area contributed by atoms with E-state index in [2.05, 4.69) is 5.32 Å². The molecule has 2 aromatic rings. The molecular weight excluding hydrogens is 326 g/mol. The molecule has 128 valence electrons. The lowest BCUT2D eigenvalue weighted by atomic mass is 10.1. The molecule has 24 heavy (non-hydrogen) atoms. The van der Waals surface area contributed by atoms with E-state index in [9.17, 15) is 4.79 Å². The summed E-state index contributed by atoms with van der Waals surface area (Å²) in [6.45, 7) is 5.91. The fourth-order valence-electron chi connectivity index (χ4n) is 2.29. The van der Waals surface area contributed by atoms with Crippen LogP contribution in [0.4, 0.5) is 5.69 Å². The quantitative estimate of drug-likeness (QED) is 0.819. The minimum Gasteiger partial charge on any atom is -0.495 e. The third-order valence-electron chi connectivity index (χ3n) is 3.91. The van der Waals surface area contributed by atoms with Gasteiger partial charge in [0.05, 0.1) is 12.1 Å². The Kier molecular flexibility index (Phi) is 6.10. The van der Waals surface area contributed by atoms with Crippen molar-refractivity contribution in [3.63, 3.8) is 0 Å². The summed E-state index contributed by atoms with van der Waals surface area (Å²) in [6.07, 6.45) is -0.0188. The number of carbonyl (C=O) groups is 1. The largest absolute Gasteiger partial charge is 0.495 e. The second kappa shape index (κ2) is 8.06. The molecule has 0 unspecified atom stereocenters. The highest BCUT2D eigenvalue weighted by atomic mass is 35.5. The molecule has 0 aliphatic rings. The van der Waals surface area contributed by atoms with Crippen molar-refractivity contribution in [2.24, 2.45) is 0 Å². The van der Waals surface area contributed by atoms with E-state index in [4.69, 9.17) is 21.1 Å². The van der Waals surface area contributed by atoms with Crippen LogP contribution in [0.25, 0.3) is 0 Å². The Hall–Kier alpha value is -2.20. The summed E-state index contributed by atoms with van der Waals surface area (Å²) < 4.78 is 11.0. The van der Waals surface area contributed by atoms with Crippen LogP contribution in [0.2, 0.25) is 5.02 Å². The van der Waals surface area contributed by atoms with E-state index in [1.54, 1.807) is 25.3 Å². The molecule has 5 heteroatoms. The van der Waals surface area contributed by atoms with E-state index in [0.717, 1.165) is 16.9 Å². The van der Waals surface area contributed by atoms with Crippen molar-refractivity contribution >= 4 is 23.2 Å². The Balaban J connectivity index is 2.11. The summed E-state index contributed by atoms with van der Waals surface area (Å²) >= 11 is 6.09. The molecule has 0 saturated carbocycles. The minimum atomic E-state index is -0.577. The number of hydrogen-bond donors (Lipinski definition) is 1. The number of halogens is 1. The lowest BCUT2D eigenvalue weighted by Gasteiger charge is -2.19. The van der Waals surface area contributed by atoms with Gasteiger partial charge in [-0.1, -0.05) is 30.7 Å². The molecule has 4 nitrogen and oxygen atoms in total. The normalized spacial score (nSPS) is 11.7. The maximum Gasteiger partial charge on any atom is 0.265 e. The second-order valence-corrected chi connectivity index (χ2v) is 5.96. The van der Waals surface area contributed by atoms with Crippen LogP contribution in [0.5, 0.6) is 11.5 Å². The fourth-order valence-corrected chi connectivity index (χ4v) is 2.55. The SMILES string of the molecule is CC[C@@H](Oc1cccc(C)c1C)C(=O)Nc1ccc(OC)c(Cl)c1. The van der Waals surface area contributed by atoms with Crippen LogP contribution >= 0.6 is 11.6 Å². The van der Waals surface area contributed by atoms with E-state index in [0.29, 0.717) is 22.9 Å². The van der Waals surface area contributed by atoms with Crippen LogP contribution in [0.1, 0.15) is 24.5 Å². The van der Waals surface area contributed by atoms with Crippen molar-refractivity contribution in [1.82, 2.24) is 0 Å². The molecular formula is C19H22ClNO3. The molecule has 0 aliphatic heterocycles. The van der Waals surface area contributed by atoms with Gasteiger partial charge in [0.15, 0.2) is 6.10 Å². The minimum absolute atomic E-state index is 0.209. The zero-order chi connectivity index (χ0) is 17.7. The van der Waals surface area contributed by atoms with Crippen LogP contribution in [-0.2, 0) is 4.79 Å². The molecule has 2 aromatic carbocycles. The van der Waals surface area contributed by atoms with Crippen LogP contribution in [0, 0.1) is 13.8 Å². The van der Waals surface area contributed by atoms with Crippen LogP contribution in [0.3, 0.4) is 0 Å². The molecule has 0 radical (unpaired) electrons. The highest BCUT2D eigenvalue weighted by molar-refractivity contribution is 6.32. The van der Waals surface area contributed by atoms with E-state index < -0.39 is 6.10 Å². The number of ether oxygens (including phenoxy) is 2. The molecule has 1 N–H and O–H groups in total. The Bertz CT molecular complexity index is 731. The van der Waals surface area contributed by atoms with Gasteiger partial charge in [0, 0.05) is 5.69 Å². The van der Waals surface area contributed by atoms with Gasteiger partial charge in [-0.05, 0) is 55.7 Å². The summed E-state index contributed by atoms with van der Waals surface area (Å²) in [6, 6.07) is 10.9. The summed E-state index contributed by atoms with van der Waals surface area (Å²) in [7, 11) is 1.55. The van der Waals surface area contributed by atoms with Gasteiger partial charge in [0.2, 0.25) is 0 Å². The monoisotopic (exact) mass is 347 g/mol. The molecule has 0 bridgehead atoms. The molecule has 1 atom stereocenters. The van der Waals surface area contributed by atoms with Gasteiger partial charge in [0.1, 0.15) is 11.5 Å². The molecule has 0 saturated heterocycles. The maximum atomic E-state index is 12.5. The van der Waals surface area contributed by atoms with Crippen molar-refractivity contribution in [1.29, 1.82) is 0 Å². The smallest absolute Gasteiger partial charge is 0.265 e. The van der Waals surface area contributed by atoms with Crippen molar-refractivity contribution in [2.75, 3.05) is 12.4 Å². The average Bonchev–Trinajstić information content (AvgIpc) is 2.56. The van der Waals surface area contributed by atoms with Crippen LogP contribution in [-0.4, -0.2) is 19.1 Å². The molecule has 0 aromatic heterocycles. The first-order valence-electron chi connectivity index (χ1n) is 7.83. The Morgan fingerprint density at radius 2 is 1.96 bits per heavy atom. The number of anilines is 1. The summed E-state index contributed by atoms with van der Waals surface area (Å²) in [5.74, 6) is 1.08. The maximum absolute atomic E-state index is 12.5. The zero-order valence-electron chi connectivity index (χ0n) is 14.4. The Morgan fingerprint density at radius 1 is 1.21 bits per heavy atom. The molecule has 2 rings (SSSR count). The molecule has 1 amide bonds. The Labute approximate surface area is 147 Å². The van der Waals surface area contributed by atoms with Gasteiger partial charge in [-0.3, -0.25) is 4.79 Å². The van der Waals surface area contributed by atoms with Crippen molar-refractivity contribution < 1.29 is 14.3 Å². The van der Waals surface area contributed by atoms with E-state index in [-0.39, 0.29) is 5.91 Å². The number of hydrogen-bond acceptors (Lipinski definition) is 3. The van der Waals surface area contributed by atoms with Gasteiger partial charge in [0.25, 0.3) is 5.91 Å². The first-order chi connectivity index (χ1) is 11.5. The predicted octanol–water partition coefficient (Wildman–Crippen LogP) is 4.76. The second-order valence-electron chi connectivity index (χ2n) is 5.55. The van der Waals surface area contributed by atoms with Gasteiger partial charge in [-0.15, -0.1) is 0 Å². The Morgan fingerprint density at radius 3 is 2.58 bits per heavy atom. The summed E-state index contributed by atoms with van der Waals surface area (Å²) in [5, 5.41) is 3.28. The number of amides is 1. The van der Waals surface area contributed by atoms with Gasteiger partial charge < -0.3 is 14.8 Å². The highest BCUT2D eigenvalue weighted by Gasteiger charge is 2.20. The van der Waals surface area contributed by atoms with E-state index >= 15 is 0 Å². The van der Waals surface area contributed by atoms with Crippen LogP contribution in [0.15, 0.2) is 36.4 Å². The lowest BCUT2D eigenvalue weighted by molar-refractivity contribution is -0.122. The number of methoxy groups -OCH3 is 1. The average molecular weight is 348 g/mol. The number of carbonyl (C=O) groups excluding carboxylic acids is 1. The van der Waals surface area contributed by atoms with Gasteiger partial charge in [-0.25, -0.2) is 0 Å². The zero-order valence-corrected chi connectivity index (χ0v) is 15.1. The van der Waals surface area contributed by atoms with Crippen molar-refractivity contribution in [3.05, 3.63) is 52.5 Å². The molecule has 0 heterocycles. The summed E-state index contributed by atoms with van der Waals surface area (Å²) in [5.41, 5.74) is 2.77. The first kappa shape index (κ1) is 18.1. The lowest BCUT2D eigenvalue weighted by Crippen LogP contribution is -2.32. The van der Waals surface area contributed by atoms with E-state index in [1.165, 1.54) is 0 Å². The van der Waals surface area contributed by atoms with Crippen LogP contribution < -0.4 is 14.8 Å². The third kappa shape index (κ3) is 4.20. The van der Waals surface area contributed by atoms with E-state index in [1.807, 2.05) is 39.0 Å². The highest BCUT2D eigenvalue weighted by Crippen LogP contribution is 2.28. The molecule has 0 fully saturated rings. The number of aryl methyl sites for hydroxylation is 1. The van der Waals surface area contributed by atoms with Crippen molar-refractivity contribution in [2.45, 2.75) is 33.3 Å². The molecule has 0 aliphatic carbocycles. The number of nitrogens with one attached hydrogen (secondary N) is 1. The topological polar surface area (TPSA) is 47.6 Å². The number of rotatable bonds is 6. The first-order valence-corrected chi connectivity index (χ1v) is 8.21. The van der Waals surface area contributed by atoms with Gasteiger partial charge in [-0.2, -0.15) is 0 Å².